The zero-order valence-corrected chi connectivity index (χ0v) is 10.7. The number of hydrogen-bond acceptors (Lipinski definition) is 4. The Labute approximate surface area is 101 Å². The number of carbonyl (C=O) groups excluding carboxylic acids is 2. The van der Waals surface area contributed by atoms with E-state index < -0.39 is 0 Å². The monoisotopic (exact) mass is 244 g/mol. The molecule has 1 aliphatic carbocycles. The summed E-state index contributed by atoms with van der Waals surface area (Å²) >= 11 is 1.38. The van der Waals surface area contributed by atoms with Crippen molar-refractivity contribution < 1.29 is 14.3 Å². The third kappa shape index (κ3) is 5.01. The highest BCUT2D eigenvalue weighted by atomic mass is 32.2. The van der Waals surface area contributed by atoms with Crippen LogP contribution in [-0.4, -0.2) is 29.9 Å². The van der Waals surface area contributed by atoms with Gasteiger partial charge in [-0.1, -0.05) is 19.3 Å². The molecular weight excluding hydrogens is 224 g/mol. The van der Waals surface area contributed by atoms with Crippen LogP contribution in [0.25, 0.3) is 0 Å². The van der Waals surface area contributed by atoms with Gasteiger partial charge in [-0.3, -0.25) is 9.59 Å². The normalized spacial score (nSPS) is 17.1. The molecule has 1 saturated carbocycles. The fourth-order valence-electron chi connectivity index (χ4n) is 1.98. The highest BCUT2D eigenvalue weighted by Crippen LogP contribution is 2.25. The van der Waals surface area contributed by atoms with Gasteiger partial charge in [0.05, 0.1) is 18.1 Å². The van der Waals surface area contributed by atoms with Crippen LogP contribution in [0.3, 0.4) is 0 Å². The third-order valence-electron chi connectivity index (χ3n) is 2.83. The highest BCUT2D eigenvalue weighted by molar-refractivity contribution is 8.00. The van der Waals surface area contributed by atoms with Gasteiger partial charge in [-0.05, 0) is 19.8 Å². The molecule has 1 fully saturated rings. The second-order valence-electron chi connectivity index (χ2n) is 4.10. The third-order valence-corrected chi connectivity index (χ3v) is 3.76. The molecule has 0 spiro atoms. The average molecular weight is 244 g/mol. The van der Waals surface area contributed by atoms with Crippen LogP contribution in [-0.2, 0) is 14.3 Å². The molecule has 0 saturated heterocycles. The molecule has 92 valence electrons. The summed E-state index contributed by atoms with van der Waals surface area (Å²) in [6, 6.07) is 0. The molecule has 3 nitrogen and oxygen atoms in total. The Kier molecular flexibility index (Phi) is 6.53. The van der Waals surface area contributed by atoms with Crippen molar-refractivity contribution in [3.05, 3.63) is 0 Å². The summed E-state index contributed by atoms with van der Waals surface area (Å²) in [5.74, 6) is 1.11. The second-order valence-corrected chi connectivity index (χ2v) is 5.08. The maximum Gasteiger partial charge on any atom is 0.315 e. The Morgan fingerprint density at radius 3 is 2.50 bits per heavy atom. The number of ketones is 1. The number of carbonyl (C=O) groups is 2. The van der Waals surface area contributed by atoms with Crippen molar-refractivity contribution in [3.63, 3.8) is 0 Å². The van der Waals surface area contributed by atoms with Crippen molar-refractivity contribution in [2.45, 2.75) is 39.0 Å². The van der Waals surface area contributed by atoms with Gasteiger partial charge in [-0.15, -0.1) is 11.8 Å². The lowest BCUT2D eigenvalue weighted by Crippen LogP contribution is -2.20. The topological polar surface area (TPSA) is 43.4 Å². The molecule has 0 aromatic heterocycles. The van der Waals surface area contributed by atoms with Gasteiger partial charge in [0.15, 0.2) is 0 Å². The minimum absolute atomic E-state index is 0.219. The van der Waals surface area contributed by atoms with E-state index in [2.05, 4.69) is 0 Å². The Morgan fingerprint density at radius 2 is 1.88 bits per heavy atom. The van der Waals surface area contributed by atoms with Crippen molar-refractivity contribution >= 4 is 23.5 Å². The van der Waals surface area contributed by atoms with Crippen molar-refractivity contribution in [1.29, 1.82) is 0 Å². The molecule has 0 bridgehead atoms. The molecule has 0 N–H and O–H groups in total. The maximum atomic E-state index is 11.8. The van der Waals surface area contributed by atoms with Crippen LogP contribution >= 0.6 is 11.8 Å². The molecule has 0 amide bonds. The lowest BCUT2D eigenvalue weighted by atomic mass is 9.87. The van der Waals surface area contributed by atoms with Gasteiger partial charge in [-0.25, -0.2) is 0 Å². The predicted molar refractivity (Wildman–Crippen MR) is 65.5 cm³/mol. The number of rotatable bonds is 6. The van der Waals surface area contributed by atoms with Crippen LogP contribution < -0.4 is 0 Å². The summed E-state index contributed by atoms with van der Waals surface area (Å²) in [4.78, 5) is 22.8. The van der Waals surface area contributed by atoms with Gasteiger partial charge in [0, 0.05) is 5.92 Å². The molecule has 16 heavy (non-hydrogen) atoms. The van der Waals surface area contributed by atoms with Crippen LogP contribution in [0.1, 0.15) is 39.0 Å². The molecule has 0 radical (unpaired) electrons. The maximum absolute atomic E-state index is 11.8. The molecule has 1 aliphatic rings. The summed E-state index contributed by atoms with van der Waals surface area (Å²) in [5.41, 5.74) is 0. The van der Waals surface area contributed by atoms with Crippen LogP contribution in [0.2, 0.25) is 0 Å². The van der Waals surface area contributed by atoms with Gasteiger partial charge in [0.25, 0.3) is 0 Å². The van der Waals surface area contributed by atoms with E-state index >= 15 is 0 Å². The summed E-state index contributed by atoms with van der Waals surface area (Å²) < 4.78 is 4.80. The minimum atomic E-state index is -0.219. The van der Waals surface area contributed by atoms with E-state index in [4.69, 9.17) is 4.74 Å². The van der Waals surface area contributed by atoms with Gasteiger partial charge in [0.2, 0.25) is 0 Å². The van der Waals surface area contributed by atoms with E-state index in [9.17, 15) is 9.59 Å². The number of ether oxygens (including phenoxy) is 1. The standard InChI is InChI=1S/C12H20O3S/c1-2-15-12(14)9-16-8-11(13)10-6-4-3-5-7-10/h10H,2-9H2,1H3. The molecule has 0 aromatic carbocycles. The number of esters is 1. The Morgan fingerprint density at radius 1 is 1.19 bits per heavy atom. The van der Waals surface area contributed by atoms with E-state index in [1.165, 1.54) is 31.0 Å². The molecular formula is C12H20O3S. The summed E-state index contributed by atoms with van der Waals surface area (Å²) in [5, 5.41) is 0. The fraction of sp³-hybridized carbons (Fsp3) is 0.833. The zero-order valence-electron chi connectivity index (χ0n) is 9.87. The largest absolute Gasteiger partial charge is 0.465 e. The quantitative estimate of drug-likeness (QED) is 0.673. The Bertz CT molecular complexity index is 234. The van der Waals surface area contributed by atoms with Crippen molar-refractivity contribution in [2.75, 3.05) is 18.1 Å². The lowest BCUT2D eigenvalue weighted by Gasteiger charge is -2.19. The fourth-order valence-corrected chi connectivity index (χ4v) is 2.77. The van der Waals surface area contributed by atoms with Crippen molar-refractivity contribution in [3.8, 4) is 0 Å². The zero-order chi connectivity index (χ0) is 11.8. The van der Waals surface area contributed by atoms with E-state index in [0.29, 0.717) is 23.9 Å². The van der Waals surface area contributed by atoms with E-state index in [1.807, 2.05) is 0 Å². The summed E-state index contributed by atoms with van der Waals surface area (Å²) in [6.45, 7) is 2.20. The van der Waals surface area contributed by atoms with Gasteiger partial charge in [-0.2, -0.15) is 0 Å². The molecule has 0 heterocycles. The summed E-state index contributed by atoms with van der Waals surface area (Å²) in [7, 11) is 0. The second kappa shape index (κ2) is 7.71. The first-order valence-corrected chi connectivity index (χ1v) is 7.15. The first-order chi connectivity index (χ1) is 7.74. The molecule has 0 atom stereocenters. The van der Waals surface area contributed by atoms with Crippen LogP contribution in [0.15, 0.2) is 0 Å². The van der Waals surface area contributed by atoms with Gasteiger partial charge in [0.1, 0.15) is 5.78 Å². The van der Waals surface area contributed by atoms with E-state index in [0.717, 1.165) is 12.8 Å². The minimum Gasteiger partial charge on any atom is -0.465 e. The smallest absolute Gasteiger partial charge is 0.315 e. The Balaban J connectivity index is 2.12. The lowest BCUT2D eigenvalue weighted by molar-refractivity contribution is -0.139. The van der Waals surface area contributed by atoms with Crippen LogP contribution in [0, 0.1) is 5.92 Å². The molecule has 0 unspecified atom stereocenters. The number of Topliss-reactive ketones (excluding diaryl/α,β-unsaturated/α-hetero) is 1. The Hall–Kier alpha value is -0.510. The first-order valence-electron chi connectivity index (χ1n) is 6.00. The van der Waals surface area contributed by atoms with E-state index in [1.54, 1.807) is 6.92 Å². The van der Waals surface area contributed by atoms with Gasteiger partial charge < -0.3 is 4.74 Å². The van der Waals surface area contributed by atoms with Crippen molar-refractivity contribution in [2.24, 2.45) is 5.92 Å². The average Bonchev–Trinajstić information content (AvgIpc) is 2.30. The predicted octanol–water partition coefficient (Wildman–Crippen LogP) is 2.43. The van der Waals surface area contributed by atoms with Crippen LogP contribution in [0.4, 0.5) is 0 Å². The molecule has 1 rings (SSSR count). The molecule has 4 heteroatoms. The SMILES string of the molecule is CCOC(=O)CSCC(=O)C1CCCCC1. The first kappa shape index (κ1) is 13.6. The van der Waals surface area contributed by atoms with Gasteiger partial charge >= 0.3 is 5.97 Å². The van der Waals surface area contributed by atoms with Crippen LogP contribution in [0.5, 0.6) is 0 Å². The summed E-state index contributed by atoms with van der Waals surface area (Å²) in [6.07, 6.45) is 5.70. The number of hydrogen-bond donors (Lipinski definition) is 0. The van der Waals surface area contributed by atoms with Crippen molar-refractivity contribution in [1.82, 2.24) is 0 Å². The number of thioether (sulfide) groups is 1. The van der Waals surface area contributed by atoms with E-state index in [-0.39, 0.29) is 11.9 Å². The highest BCUT2D eigenvalue weighted by Gasteiger charge is 2.20. The molecule has 0 aliphatic heterocycles. The molecule has 0 aromatic rings.